The predicted molar refractivity (Wildman–Crippen MR) is 153 cm³/mol. The smallest absolute Gasteiger partial charge is 0.170 e. The number of nitrogens with zero attached hydrogens (tertiary/aromatic N) is 2. The number of halogens is 2. The summed E-state index contributed by atoms with van der Waals surface area (Å²) in [6, 6.07) is 14.9. The molecule has 0 saturated heterocycles. The fourth-order valence-corrected chi connectivity index (χ4v) is 4.28. The maximum atomic E-state index is 11.5. The minimum absolute atomic E-state index is 0.507. The largest absolute Gasteiger partial charge is 0.388 e. The SMILES string of the molecule is CC.CC/C=C(\C=C1/CCCc2c(C=O)nn(-c3ccc(Br)cc3)c21)NC.O=Cc1ccccc1Cl. The van der Waals surface area contributed by atoms with E-state index < -0.39 is 0 Å². The summed E-state index contributed by atoms with van der Waals surface area (Å²) < 4.78 is 2.93. The summed E-state index contributed by atoms with van der Waals surface area (Å²) in [5.74, 6) is 0. The molecule has 0 amide bonds. The Morgan fingerprint density at radius 3 is 2.33 bits per heavy atom. The van der Waals surface area contributed by atoms with Crippen molar-refractivity contribution in [3.8, 4) is 5.69 Å². The van der Waals surface area contributed by atoms with Crippen molar-refractivity contribution in [3.05, 3.63) is 98.4 Å². The lowest BCUT2D eigenvalue weighted by atomic mass is 9.90. The normalized spacial score (nSPS) is 13.5. The van der Waals surface area contributed by atoms with E-state index in [1.54, 1.807) is 24.3 Å². The molecule has 0 saturated carbocycles. The molecule has 0 atom stereocenters. The summed E-state index contributed by atoms with van der Waals surface area (Å²) in [7, 11) is 1.94. The minimum Gasteiger partial charge on any atom is -0.388 e. The molecule has 0 spiro atoms. The van der Waals surface area contributed by atoms with E-state index in [9.17, 15) is 9.59 Å². The van der Waals surface area contributed by atoms with Gasteiger partial charge in [0.25, 0.3) is 0 Å². The zero-order valence-corrected chi connectivity index (χ0v) is 23.6. The molecule has 3 aromatic rings. The summed E-state index contributed by atoms with van der Waals surface area (Å²) in [6.07, 6.45) is 9.85. The van der Waals surface area contributed by atoms with Gasteiger partial charge in [-0.2, -0.15) is 5.10 Å². The quantitative estimate of drug-likeness (QED) is 0.306. The van der Waals surface area contributed by atoms with Crippen molar-refractivity contribution in [2.24, 2.45) is 0 Å². The Labute approximate surface area is 227 Å². The number of aldehydes is 2. The van der Waals surface area contributed by atoms with Gasteiger partial charge in [0.2, 0.25) is 0 Å². The summed E-state index contributed by atoms with van der Waals surface area (Å²) in [4.78, 5) is 21.7. The second-order valence-corrected chi connectivity index (χ2v) is 9.02. The highest BCUT2D eigenvalue weighted by molar-refractivity contribution is 9.10. The average molecular weight is 571 g/mol. The molecule has 190 valence electrons. The van der Waals surface area contributed by atoms with E-state index in [1.165, 1.54) is 5.57 Å². The van der Waals surface area contributed by atoms with E-state index in [1.807, 2.05) is 49.8 Å². The van der Waals surface area contributed by atoms with Crippen LogP contribution in [0, 0.1) is 0 Å². The van der Waals surface area contributed by atoms with Crippen molar-refractivity contribution in [1.29, 1.82) is 0 Å². The first-order valence-electron chi connectivity index (χ1n) is 12.1. The first-order valence-corrected chi connectivity index (χ1v) is 13.3. The van der Waals surface area contributed by atoms with Gasteiger partial charge in [0.05, 0.1) is 16.4 Å². The highest BCUT2D eigenvalue weighted by atomic mass is 79.9. The maximum Gasteiger partial charge on any atom is 0.170 e. The van der Waals surface area contributed by atoms with Crippen LogP contribution in [0.4, 0.5) is 0 Å². The summed E-state index contributed by atoms with van der Waals surface area (Å²) >= 11 is 9.06. The van der Waals surface area contributed by atoms with Crippen molar-refractivity contribution < 1.29 is 9.59 Å². The molecule has 5 nitrogen and oxygen atoms in total. The number of allylic oxidation sites excluding steroid dienone is 3. The number of hydrogen-bond acceptors (Lipinski definition) is 4. The topological polar surface area (TPSA) is 64.0 Å². The van der Waals surface area contributed by atoms with Crippen LogP contribution in [0.5, 0.6) is 0 Å². The van der Waals surface area contributed by atoms with E-state index in [0.29, 0.717) is 16.3 Å². The lowest BCUT2D eigenvalue weighted by Gasteiger charge is -2.19. The molecule has 1 aliphatic carbocycles. The molecular formula is C29H33BrClN3O2. The van der Waals surface area contributed by atoms with Crippen molar-refractivity contribution >= 4 is 45.7 Å². The zero-order valence-electron chi connectivity index (χ0n) is 21.2. The van der Waals surface area contributed by atoms with Crippen LogP contribution < -0.4 is 5.32 Å². The number of fused-ring (bicyclic) bond motifs is 1. The summed E-state index contributed by atoms with van der Waals surface area (Å²) in [5.41, 5.74) is 6.50. The monoisotopic (exact) mass is 569 g/mol. The van der Waals surface area contributed by atoms with E-state index in [2.05, 4.69) is 45.4 Å². The molecule has 1 aliphatic rings. The lowest BCUT2D eigenvalue weighted by Crippen LogP contribution is -2.10. The Morgan fingerprint density at radius 2 is 1.78 bits per heavy atom. The molecule has 1 N–H and O–H groups in total. The van der Waals surface area contributed by atoms with Gasteiger partial charge in [-0.3, -0.25) is 9.59 Å². The van der Waals surface area contributed by atoms with Crippen molar-refractivity contribution in [3.63, 3.8) is 0 Å². The van der Waals surface area contributed by atoms with Crippen LogP contribution in [0.25, 0.3) is 11.3 Å². The van der Waals surface area contributed by atoms with Crippen LogP contribution in [0.15, 0.2) is 70.9 Å². The van der Waals surface area contributed by atoms with Gasteiger partial charge in [-0.05, 0) is 67.7 Å². The van der Waals surface area contributed by atoms with Crippen LogP contribution in [0.3, 0.4) is 0 Å². The number of rotatable bonds is 6. The van der Waals surface area contributed by atoms with E-state index in [0.717, 1.165) is 65.4 Å². The molecule has 4 rings (SSSR count). The third-order valence-corrected chi connectivity index (χ3v) is 6.32. The number of hydrogen-bond donors (Lipinski definition) is 1. The Morgan fingerprint density at radius 1 is 1.08 bits per heavy atom. The second kappa shape index (κ2) is 15.2. The van der Waals surface area contributed by atoms with Gasteiger partial charge in [0.1, 0.15) is 5.69 Å². The van der Waals surface area contributed by atoms with Crippen LogP contribution in [0.2, 0.25) is 5.02 Å². The van der Waals surface area contributed by atoms with Gasteiger partial charge >= 0.3 is 0 Å². The van der Waals surface area contributed by atoms with Gasteiger partial charge in [-0.15, -0.1) is 0 Å². The summed E-state index contributed by atoms with van der Waals surface area (Å²) in [5, 5.41) is 8.35. The maximum absolute atomic E-state index is 11.5. The van der Waals surface area contributed by atoms with Crippen molar-refractivity contribution in [2.75, 3.05) is 7.05 Å². The third kappa shape index (κ3) is 7.52. The second-order valence-electron chi connectivity index (χ2n) is 7.70. The highest BCUT2D eigenvalue weighted by Crippen LogP contribution is 2.35. The first-order chi connectivity index (χ1) is 17.5. The summed E-state index contributed by atoms with van der Waals surface area (Å²) in [6.45, 7) is 6.12. The Bertz CT molecular complexity index is 1210. The molecule has 0 bridgehead atoms. The molecule has 36 heavy (non-hydrogen) atoms. The van der Waals surface area contributed by atoms with Crippen molar-refractivity contribution in [2.45, 2.75) is 46.5 Å². The molecule has 0 aliphatic heterocycles. The predicted octanol–water partition coefficient (Wildman–Crippen LogP) is 7.86. The van der Waals surface area contributed by atoms with Gasteiger partial charge in [-0.25, -0.2) is 4.68 Å². The van der Waals surface area contributed by atoms with E-state index >= 15 is 0 Å². The molecule has 0 fully saturated rings. The molecule has 1 aromatic heterocycles. The van der Waals surface area contributed by atoms with Crippen LogP contribution in [0.1, 0.15) is 72.1 Å². The van der Waals surface area contributed by atoms with Crippen LogP contribution >= 0.6 is 27.5 Å². The highest BCUT2D eigenvalue weighted by Gasteiger charge is 2.25. The molecule has 0 radical (unpaired) electrons. The Kier molecular flexibility index (Phi) is 12.4. The number of aromatic nitrogens is 2. The zero-order chi connectivity index (χ0) is 26.5. The number of likely N-dealkylation sites (N-methyl/N-ethyl adjacent to an activating group) is 1. The van der Waals surface area contributed by atoms with Crippen LogP contribution in [-0.4, -0.2) is 29.4 Å². The molecular weight excluding hydrogens is 538 g/mol. The van der Waals surface area contributed by atoms with Gasteiger partial charge in [0.15, 0.2) is 12.6 Å². The van der Waals surface area contributed by atoms with Gasteiger partial charge in [0, 0.05) is 28.3 Å². The standard InChI is InChI=1S/C20H22BrN3O.C7H5ClO.C2H6/c1-3-5-16(22-2)12-14-6-4-7-18-19(13-25)23-24(20(14)18)17-10-8-15(21)9-11-17;8-7-4-2-1-3-6(7)5-9;1-2/h5,8-13,22H,3-4,6-7H2,1-2H3;1-5H;1-2H3/b14-12+,16-5+;;. The fourth-order valence-electron chi connectivity index (χ4n) is 3.83. The lowest BCUT2D eigenvalue weighted by molar-refractivity contribution is 0.111. The third-order valence-electron chi connectivity index (χ3n) is 5.45. The van der Waals surface area contributed by atoms with Gasteiger partial charge < -0.3 is 5.32 Å². The number of carbonyl (C=O) groups is 2. The van der Waals surface area contributed by atoms with E-state index in [4.69, 9.17) is 11.6 Å². The fraction of sp³-hybridized carbons (Fsp3) is 0.276. The molecule has 1 heterocycles. The molecule has 0 unspecified atom stereocenters. The Balaban J connectivity index is 0.000000347. The first kappa shape index (κ1) is 29.3. The van der Waals surface area contributed by atoms with Crippen molar-refractivity contribution in [1.82, 2.24) is 15.1 Å². The minimum atomic E-state index is 0.507. The Hall–Kier alpha value is -2.96. The number of carbonyl (C=O) groups excluding carboxylic acids is 2. The van der Waals surface area contributed by atoms with Gasteiger partial charge in [-0.1, -0.05) is 72.6 Å². The number of nitrogens with one attached hydrogen (secondary N) is 1. The van der Waals surface area contributed by atoms with E-state index in [-0.39, 0.29) is 0 Å². The molecule has 7 heteroatoms. The molecule has 2 aromatic carbocycles. The van der Waals surface area contributed by atoms with Crippen LogP contribution in [-0.2, 0) is 6.42 Å². The number of benzene rings is 2. The average Bonchev–Trinajstić information content (AvgIpc) is 3.30.